The van der Waals surface area contributed by atoms with E-state index in [1.807, 2.05) is 0 Å². The molecule has 4 atom stereocenters. The highest BCUT2D eigenvalue weighted by Gasteiger charge is 2.65. The number of hydrogen-bond donors (Lipinski definition) is 1. The topological polar surface area (TPSA) is 181 Å². The van der Waals surface area contributed by atoms with E-state index in [1.54, 1.807) is 0 Å². The predicted molar refractivity (Wildman–Crippen MR) is 102 cm³/mol. The number of ether oxygens (including phenoxy) is 3. The molecular formula is C19H20N2O12. The Morgan fingerprint density at radius 3 is 2.55 bits per heavy atom. The van der Waals surface area contributed by atoms with Gasteiger partial charge in [0.25, 0.3) is 5.69 Å². The Labute approximate surface area is 186 Å². The lowest BCUT2D eigenvalue weighted by Gasteiger charge is -2.54. The van der Waals surface area contributed by atoms with E-state index in [0.717, 1.165) is 0 Å². The first-order valence-electron chi connectivity index (χ1n) is 9.63. The van der Waals surface area contributed by atoms with Gasteiger partial charge in [0, 0.05) is 18.6 Å². The van der Waals surface area contributed by atoms with Crippen LogP contribution in [0.4, 0.5) is 10.5 Å². The number of non-ortho nitro benzene ring substituents is 1. The maximum absolute atomic E-state index is 12.7. The van der Waals surface area contributed by atoms with Crippen molar-refractivity contribution in [1.29, 1.82) is 0 Å². The first-order chi connectivity index (χ1) is 15.6. The van der Waals surface area contributed by atoms with Crippen LogP contribution < -0.4 is 0 Å². The molecule has 2 amide bonds. The van der Waals surface area contributed by atoms with Crippen molar-refractivity contribution in [2.45, 2.75) is 45.3 Å². The molecule has 178 valence electrons. The summed E-state index contributed by atoms with van der Waals surface area (Å²) in [4.78, 5) is 68.2. The number of carbonyl (C=O) groups excluding carboxylic acids is 3. The summed E-state index contributed by atoms with van der Waals surface area (Å²) in [5.74, 6) is -4.11. The standard InChI is InChI=1S/C19H20N2O12/c1-10(32-18(26)29-8-11-3-5-12(6-4-11)21(27)28)19(2)13(7-14-30-9-31-33-14)20(17(19)25)15(22)16(23)24/h3-6,10,13-14H,7-9H2,1-2H3,(H,23,24)/t10?,13-,14?,19-/m1/s1. The van der Waals surface area contributed by atoms with Crippen molar-refractivity contribution >= 4 is 29.6 Å². The molecule has 2 unspecified atom stereocenters. The molecule has 33 heavy (non-hydrogen) atoms. The minimum absolute atomic E-state index is 0.118. The van der Waals surface area contributed by atoms with E-state index in [1.165, 1.54) is 38.1 Å². The van der Waals surface area contributed by atoms with Crippen LogP contribution >= 0.6 is 0 Å². The largest absolute Gasteiger partial charge is 0.508 e. The third kappa shape index (κ3) is 4.76. The van der Waals surface area contributed by atoms with Crippen LogP contribution in [0.15, 0.2) is 24.3 Å². The van der Waals surface area contributed by atoms with Crippen LogP contribution in [0.2, 0.25) is 0 Å². The van der Waals surface area contributed by atoms with Crippen molar-refractivity contribution in [1.82, 2.24) is 4.90 Å². The number of amides is 2. The third-order valence-corrected chi connectivity index (χ3v) is 5.60. The molecular weight excluding hydrogens is 448 g/mol. The number of likely N-dealkylation sites (tertiary alicyclic amines) is 1. The van der Waals surface area contributed by atoms with Gasteiger partial charge in [-0.15, -0.1) is 0 Å². The van der Waals surface area contributed by atoms with Crippen LogP contribution in [0.5, 0.6) is 0 Å². The normalized spacial score (nSPS) is 25.2. The lowest BCUT2D eigenvalue weighted by atomic mass is 9.67. The van der Waals surface area contributed by atoms with Gasteiger partial charge < -0.3 is 19.3 Å². The van der Waals surface area contributed by atoms with E-state index in [9.17, 15) is 29.3 Å². The monoisotopic (exact) mass is 468 g/mol. The summed E-state index contributed by atoms with van der Waals surface area (Å²) in [5, 5.41) is 19.7. The second-order valence-electron chi connectivity index (χ2n) is 7.47. The van der Waals surface area contributed by atoms with Gasteiger partial charge in [0.15, 0.2) is 13.1 Å². The molecule has 2 heterocycles. The van der Waals surface area contributed by atoms with Gasteiger partial charge in [0.2, 0.25) is 5.91 Å². The highest BCUT2D eigenvalue weighted by Crippen LogP contribution is 2.46. The van der Waals surface area contributed by atoms with Crippen LogP contribution in [-0.4, -0.2) is 64.1 Å². The summed E-state index contributed by atoms with van der Waals surface area (Å²) in [6.45, 7) is 2.38. The zero-order valence-corrected chi connectivity index (χ0v) is 17.5. The van der Waals surface area contributed by atoms with E-state index >= 15 is 0 Å². The molecule has 1 aromatic rings. The van der Waals surface area contributed by atoms with Gasteiger partial charge in [0.1, 0.15) is 18.1 Å². The van der Waals surface area contributed by atoms with Crippen LogP contribution in [0.1, 0.15) is 25.8 Å². The molecule has 14 nitrogen and oxygen atoms in total. The second kappa shape index (κ2) is 9.48. The summed E-state index contributed by atoms with van der Waals surface area (Å²) in [6.07, 6.45) is -3.34. The minimum Gasteiger partial charge on any atom is -0.474 e. The van der Waals surface area contributed by atoms with Gasteiger partial charge in [0.05, 0.1) is 11.0 Å². The first kappa shape index (κ1) is 24.0. The lowest BCUT2D eigenvalue weighted by molar-refractivity contribution is -0.384. The highest BCUT2D eigenvalue weighted by atomic mass is 17.3. The van der Waals surface area contributed by atoms with Gasteiger partial charge in [-0.05, 0) is 31.5 Å². The average Bonchev–Trinajstić information content (AvgIpc) is 3.30. The van der Waals surface area contributed by atoms with Crippen molar-refractivity contribution < 1.29 is 53.2 Å². The van der Waals surface area contributed by atoms with Crippen molar-refractivity contribution in [3.8, 4) is 0 Å². The number of benzene rings is 1. The summed E-state index contributed by atoms with van der Waals surface area (Å²) >= 11 is 0. The van der Waals surface area contributed by atoms with Gasteiger partial charge >= 0.3 is 18.0 Å². The first-order valence-corrected chi connectivity index (χ1v) is 9.63. The van der Waals surface area contributed by atoms with E-state index in [4.69, 9.17) is 24.2 Å². The van der Waals surface area contributed by atoms with Crippen molar-refractivity contribution in [3.05, 3.63) is 39.9 Å². The molecule has 2 saturated heterocycles. The number of carboxylic acids is 1. The second-order valence-corrected chi connectivity index (χ2v) is 7.47. The molecule has 0 radical (unpaired) electrons. The number of nitrogens with zero attached hydrogens (tertiary/aromatic N) is 2. The van der Waals surface area contributed by atoms with Crippen LogP contribution in [-0.2, 0) is 45.0 Å². The van der Waals surface area contributed by atoms with Crippen molar-refractivity contribution in [2.75, 3.05) is 6.79 Å². The highest BCUT2D eigenvalue weighted by molar-refractivity contribution is 6.36. The van der Waals surface area contributed by atoms with Crippen molar-refractivity contribution in [3.63, 3.8) is 0 Å². The van der Waals surface area contributed by atoms with Gasteiger partial charge in [-0.25, -0.2) is 19.4 Å². The molecule has 1 aromatic carbocycles. The molecule has 2 aliphatic heterocycles. The molecule has 0 bridgehead atoms. The molecule has 2 fully saturated rings. The SMILES string of the molecule is CC(OC(=O)OCc1ccc([N+](=O)[O-])cc1)[C@@]1(C)C(=O)N(C(=O)C(=O)O)[C@@H]1CC1OCOO1. The lowest BCUT2D eigenvalue weighted by Crippen LogP contribution is -2.74. The molecule has 0 spiro atoms. The predicted octanol–water partition coefficient (Wildman–Crippen LogP) is 1.12. The molecule has 0 aromatic heterocycles. The number of aliphatic carboxylic acids is 1. The summed E-state index contributed by atoms with van der Waals surface area (Å²) in [7, 11) is 0. The van der Waals surface area contributed by atoms with Gasteiger partial charge in [-0.1, -0.05) is 0 Å². The molecule has 14 heteroatoms. The Balaban J connectivity index is 1.65. The Bertz CT molecular complexity index is 958. The van der Waals surface area contributed by atoms with Gasteiger partial charge in [-0.2, -0.15) is 0 Å². The van der Waals surface area contributed by atoms with E-state index in [-0.39, 0.29) is 25.5 Å². The fourth-order valence-electron chi connectivity index (χ4n) is 3.56. The molecule has 3 rings (SSSR count). The number of carboxylic acid groups (broad SMARTS) is 1. The Morgan fingerprint density at radius 2 is 2.00 bits per heavy atom. The fourth-order valence-corrected chi connectivity index (χ4v) is 3.56. The Hall–Kier alpha value is -3.62. The Morgan fingerprint density at radius 1 is 1.33 bits per heavy atom. The van der Waals surface area contributed by atoms with E-state index < -0.39 is 52.7 Å². The summed E-state index contributed by atoms with van der Waals surface area (Å²) in [5.41, 5.74) is -1.14. The summed E-state index contributed by atoms with van der Waals surface area (Å²) in [6, 6.07) is 4.27. The van der Waals surface area contributed by atoms with Crippen LogP contribution in [0, 0.1) is 15.5 Å². The number of nitro groups is 1. The third-order valence-electron chi connectivity index (χ3n) is 5.60. The van der Waals surface area contributed by atoms with Crippen LogP contribution in [0.3, 0.4) is 0 Å². The number of carbonyl (C=O) groups is 4. The minimum atomic E-state index is -1.82. The maximum atomic E-state index is 12.7. The Kier molecular flexibility index (Phi) is 6.90. The van der Waals surface area contributed by atoms with Crippen LogP contribution in [0.25, 0.3) is 0 Å². The zero-order valence-electron chi connectivity index (χ0n) is 17.5. The number of imide groups is 1. The van der Waals surface area contributed by atoms with E-state index in [0.29, 0.717) is 10.5 Å². The zero-order chi connectivity index (χ0) is 24.3. The summed E-state index contributed by atoms with van der Waals surface area (Å²) < 4.78 is 15.3. The maximum Gasteiger partial charge on any atom is 0.508 e. The molecule has 2 aliphatic rings. The molecule has 0 aliphatic carbocycles. The number of hydrogen-bond acceptors (Lipinski definition) is 11. The fraction of sp³-hybridized carbons (Fsp3) is 0.474. The quantitative estimate of drug-likeness (QED) is 0.151. The van der Waals surface area contributed by atoms with Crippen molar-refractivity contribution in [2.24, 2.45) is 5.41 Å². The molecule has 0 saturated carbocycles. The van der Waals surface area contributed by atoms with E-state index in [2.05, 4.69) is 4.89 Å². The molecule has 1 N–H and O–H groups in total. The smallest absolute Gasteiger partial charge is 0.474 e. The van der Waals surface area contributed by atoms with Gasteiger partial charge in [-0.3, -0.25) is 24.6 Å². The number of β-lactam (4-membered cyclic amide) rings is 1. The average molecular weight is 468 g/mol. The number of nitro benzene ring substituents is 1. The number of rotatable bonds is 7.